The zero-order valence-electron chi connectivity index (χ0n) is 7.41. The quantitative estimate of drug-likeness (QED) is 0.731. The molecule has 0 aromatic carbocycles. The maximum absolute atomic E-state index is 12.0. The van der Waals surface area contributed by atoms with Gasteiger partial charge in [-0.05, 0) is 6.42 Å². The Morgan fingerprint density at radius 1 is 1.00 bits per heavy atom. The molecule has 0 rings (SSSR count). The Morgan fingerprint density at radius 2 is 1.36 bits per heavy atom. The third kappa shape index (κ3) is 3.73. The minimum atomic E-state index is -5.33. The summed E-state index contributed by atoms with van der Waals surface area (Å²) in [5, 5.41) is 0. The standard InChI is InChI=1S/C7H11F6N/c1-2-3-4(14)5(6(8,9)10)7(11,12)13/h4-5H,2-3,14H2,1H3. The second-order valence-electron chi connectivity index (χ2n) is 3.01. The van der Waals surface area contributed by atoms with Gasteiger partial charge >= 0.3 is 12.4 Å². The fourth-order valence-electron chi connectivity index (χ4n) is 1.17. The van der Waals surface area contributed by atoms with Crippen LogP contribution in [-0.2, 0) is 0 Å². The van der Waals surface area contributed by atoms with E-state index in [4.69, 9.17) is 5.73 Å². The van der Waals surface area contributed by atoms with E-state index in [1.807, 2.05) is 0 Å². The first kappa shape index (κ1) is 13.5. The lowest BCUT2D eigenvalue weighted by Gasteiger charge is -2.27. The number of halogens is 6. The summed E-state index contributed by atoms with van der Waals surface area (Å²) in [6.45, 7) is 1.48. The molecule has 0 aliphatic carbocycles. The molecule has 0 aromatic heterocycles. The molecule has 0 aliphatic heterocycles. The normalized spacial score (nSPS) is 16.1. The smallest absolute Gasteiger partial charge is 0.327 e. The van der Waals surface area contributed by atoms with Crippen LogP contribution >= 0.6 is 0 Å². The average molecular weight is 223 g/mol. The van der Waals surface area contributed by atoms with Gasteiger partial charge in [0, 0.05) is 6.04 Å². The predicted molar refractivity (Wildman–Crippen MR) is 38.5 cm³/mol. The number of nitrogens with two attached hydrogens (primary N) is 1. The summed E-state index contributed by atoms with van der Waals surface area (Å²) in [7, 11) is 0. The maximum Gasteiger partial charge on any atom is 0.401 e. The molecule has 1 atom stereocenters. The van der Waals surface area contributed by atoms with Crippen LogP contribution in [0.4, 0.5) is 26.3 Å². The van der Waals surface area contributed by atoms with Gasteiger partial charge in [-0.15, -0.1) is 0 Å². The SMILES string of the molecule is CCCC(N)C(C(F)(F)F)C(F)(F)F. The van der Waals surface area contributed by atoms with Gasteiger partial charge in [0.25, 0.3) is 0 Å². The van der Waals surface area contributed by atoms with Crippen LogP contribution in [0.15, 0.2) is 0 Å². The zero-order chi connectivity index (χ0) is 11.6. The van der Waals surface area contributed by atoms with E-state index in [0.717, 1.165) is 0 Å². The van der Waals surface area contributed by atoms with Gasteiger partial charge in [0.05, 0.1) is 0 Å². The van der Waals surface area contributed by atoms with Crippen LogP contribution in [0, 0.1) is 5.92 Å². The van der Waals surface area contributed by atoms with Crippen molar-refractivity contribution in [2.75, 3.05) is 0 Å². The maximum atomic E-state index is 12.0. The summed E-state index contributed by atoms with van der Waals surface area (Å²) >= 11 is 0. The van der Waals surface area contributed by atoms with Gasteiger partial charge in [-0.2, -0.15) is 26.3 Å². The van der Waals surface area contributed by atoms with E-state index in [0.29, 0.717) is 0 Å². The molecule has 0 heterocycles. The van der Waals surface area contributed by atoms with Crippen LogP contribution in [0.25, 0.3) is 0 Å². The average Bonchev–Trinajstić information content (AvgIpc) is 1.78. The van der Waals surface area contributed by atoms with Crippen molar-refractivity contribution in [1.82, 2.24) is 0 Å². The lowest BCUT2D eigenvalue weighted by Crippen LogP contribution is -2.48. The van der Waals surface area contributed by atoms with Crippen molar-refractivity contribution < 1.29 is 26.3 Å². The number of alkyl halides is 6. The number of hydrogen-bond acceptors (Lipinski definition) is 1. The fraction of sp³-hybridized carbons (Fsp3) is 1.00. The van der Waals surface area contributed by atoms with Gasteiger partial charge in [-0.25, -0.2) is 0 Å². The molecule has 0 saturated heterocycles. The molecule has 2 N–H and O–H groups in total. The van der Waals surface area contributed by atoms with E-state index in [1.165, 1.54) is 6.92 Å². The second kappa shape index (κ2) is 4.37. The van der Waals surface area contributed by atoms with Gasteiger partial charge in [-0.3, -0.25) is 0 Å². The molecular formula is C7H11F6N. The Labute approximate surface area is 77.3 Å². The summed E-state index contributed by atoms with van der Waals surface area (Å²) in [5.41, 5.74) is 4.86. The van der Waals surface area contributed by atoms with Gasteiger partial charge < -0.3 is 5.73 Å². The Bertz CT molecular complexity index is 158. The predicted octanol–water partition coefficient (Wildman–Crippen LogP) is 2.85. The molecule has 0 bridgehead atoms. The van der Waals surface area contributed by atoms with Gasteiger partial charge in [0.1, 0.15) is 0 Å². The molecule has 0 aliphatic rings. The Kier molecular flexibility index (Phi) is 4.23. The van der Waals surface area contributed by atoms with Gasteiger partial charge in [-0.1, -0.05) is 13.3 Å². The molecule has 0 amide bonds. The molecule has 0 radical (unpaired) electrons. The summed E-state index contributed by atoms with van der Waals surface area (Å²) in [5.74, 6) is -3.42. The van der Waals surface area contributed by atoms with Crippen molar-refractivity contribution in [3.63, 3.8) is 0 Å². The number of rotatable bonds is 3. The van der Waals surface area contributed by atoms with Crippen molar-refractivity contribution in [2.24, 2.45) is 11.7 Å². The molecule has 0 aromatic rings. The highest BCUT2D eigenvalue weighted by atomic mass is 19.4. The third-order valence-corrected chi connectivity index (χ3v) is 1.76. The summed E-state index contributed by atoms with van der Waals surface area (Å²) in [6.07, 6.45) is -10.8. The molecule has 7 heteroatoms. The van der Waals surface area contributed by atoms with Crippen molar-refractivity contribution in [2.45, 2.75) is 38.2 Å². The van der Waals surface area contributed by atoms with E-state index in [-0.39, 0.29) is 12.8 Å². The molecule has 1 unspecified atom stereocenters. The Balaban J connectivity index is 4.74. The molecule has 0 spiro atoms. The van der Waals surface area contributed by atoms with E-state index in [9.17, 15) is 26.3 Å². The first-order chi connectivity index (χ1) is 6.10. The first-order valence-corrected chi connectivity index (χ1v) is 3.99. The lowest BCUT2D eigenvalue weighted by atomic mass is 9.95. The molecule has 0 fully saturated rings. The molecular weight excluding hydrogens is 212 g/mol. The summed E-state index contributed by atoms with van der Waals surface area (Å²) < 4.78 is 71.9. The van der Waals surface area contributed by atoms with Crippen molar-refractivity contribution in [3.8, 4) is 0 Å². The highest BCUT2D eigenvalue weighted by Gasteiger charge is 2.58. The van der Waals surface area contributed by atoms with Crippen molar-refractivity contribution in [1.29, 1.82) is 0 Å². The van der Waals surface area contributed by atoms with E-state index in [1.54, 1.807) is 0 Å². The minimum absolute atomic E-state index is 0.184. The van der Waals surface area contributed by atoms with Crippen LogP contribution in [0.2, 0.25) is 0 Å². The monoisotopic (exact) mass is 223 g/mol. The Hall–Kier alpha value is -0.460. The molecule has 86 valence electrons. The van der Waals surface area contributed by atoms with Crippen molar-refractivity contribution in [3.05, 3.63) is 0 Å². The van der Waals surface area contributed by atoms with Gasteiger partial charge in [0.15, 0.2) is 5.92 Å². The topological polar surface area (TPSA) is 26.0 Å². The second-order valence-corrected chi connectivity index (χ2v) is 3.01. The van der Waals surface area contributed by atoms with Gasteiger partial charge in [0.2, 0.25) is 0 Å². The van der Waals surface area contributed by atoms with Crippen LogP contribution in [0.3, 0.4) is 0 Å². The van der Waals surface area contributed by atoms with E-state index in [2.05, 4.69) is 0 Å². The highest BCUT2D eigenvalue weighted by Crippen LogP contribution is 2.41. The molecule has 0 saturated carbocycles. The summed E-state index contributed by atoms with van der Waals surface area (Å²) in [6, 6.07) is -1.92. The van der Waals surface area contributed by atoms with Crippen molar-refractivity contribution >= 4 is 0 Å². The van der Waals surface area contributed by atoms with E-state index < -0.39 is 24.3 Å². The number of hydrogen-bond donors (Lipinski definition) is 1. The first-order valence-electron chi connectivity index (χ1n) is 3.99. The van der Waals surface area contributed by atoms with E-state index >= 15 is 0 Å². The molecule has 1 nitrogen and oxygen atoms in total. The largest absolute Gasteiger partial charge is 0.401 e. The molecule has 14 heavy (non-hydrogen) atoms. The third-order valence-electron chi connectivity index (χ3n) is 1.76. The lowest BCUT2D eigenvalue weighted by molar-refractivity contribution is -0.289. The highest BCUT2D eigenvalue weighted by molar-refractivity contribution is 4.84. The minimum Gasteiger partial charge on any atom is -0.327 e. The van der Waals surface area contributed by atoms with Crippen LogP contribution in [0.1, 0.15) is 19.8 Å². The summed E-state index contributed by atoms with van der Waals surface area (Å²) in [4.78, 5) is 0. The fourth-order valence-corrected chi connectivity index (χ4v) is 1.17. The Morgan fingerprint density at radius 3 is 1.57 bits per heavy atom. The van der Waals surface area contributed by atoms with Crippen LogP contribution in [0.5, 0.6) is 0 Å². The van der Waals surface area contributed by atoms with Crippen LogP contribution < -0.4 is 5.73 Å². The van der Waals surface area contributed by atoms with Crippen LogP contribution in [-0.4, -0.2) is 18.4 Å². The zero-order valence-corrected chi connectivity index (χ0v) is 7.41.